The first-order valence-corrected chi connectivity index (χ1v) is 12.0. The van der Waals surface area contributed by atoms with E-state index < -0.39 is 11.1 Å². The molecule has 0 radical (unpaired) electrons. The third kappa shape index (κ3) is 5.84. The fourth-order valence-electron chi connectivity index (χ4n) is 3.03. The van der Waals surface area contributed by atoms with Crippen LogP contribution < -0.4 is 0 Å². The van der Waals surface area contributed by atoms with Crippen LogP contribution >= 0.6 is 11.3 Å². The molecule has 3 aromatic rings. The quantitative estimate of drug-likeness (QED) is 0.291. The van der Waals surface area contributed by atoms with E-state index in [4.69, 9.17) is 9.54 Å². The second kappa shape index (κ2) is 10.1. The number of hydrogen-bond acceptors (Lipinski definition) is 4. The lowest BCUT2D eigenvalue weighted by atomic mass is 10.0. The van der Waals surface area contributed by atoms with Gasteiger partial charge in [0.25, 0.3) is 0 Å². The predicted octanol–water partition coefficient (Wildman–Crippen LogP) is 5.35. The Bertz CT molecular complexity index is 1060. The second-order valence-electron chi connectivity index (χ2n) is 7.35. The molecule has 5 nitrogen and oxygen atoms in total. The number of thiazole rings is 1. The molecule has 0 saturated carbocycles. The van der Waals surface area contributed by atoms with E-state index in [-0.39, 0.29) is 5.75 Å². The first-order chi connectivity index (χ1) is 14.4. The van der Waals surface area contributed by atoms with Crippen LogP contribution in [0.4, 0.5) is 5.69 Å². The van der Waals surface area contributed by atoms with E-state index in [2.05, 4.69) is 48.2 Å². The lowest BCUT2D eigenvalue weighted by Gasteiger charge is -2.11. The van der Waals surface area contributed by atoms with Gasteiger partial charge in [-0.1, -0.05) is 30.3 Å². The first kappa shape index (κ1) is 22.3. The van der Waals surface area contributed by atoms with Crippen molar-refractivity contribution in [3.8, 4) is 11.3 Å². The fraction of sp³-hybridized carbons (Fsp3) is 0.304. The molecular formula is C23H27N3O2S2. The van der Waals surface area contributed by atoms with Crippen molar-refractivity contribution >= 4 is 34.4 Å². The number of aliphatic imine (C=N–C) groups is 1. The Balaban J connectivity index is 1.75. The number of aromatic nitrogens is 1. The number of benzene rings is 2. The molecule has 0 amide bonds. The number of aryl methyl sites for hydroxylation is 2. The Morgan fingerprint density at radius 3 is 2.60 bits per heavy atom. The Kier molecular flexibility index (Phi) is 7.53. The summed E-state index contributed by atoms with van der Waals surface area (Å²) in [5.41, 5.74) is 7.42. The Labute approximate surface area is 184 Å². The van der Waals surface area contributed by atoms with Crippen LogP contribution in [-0.2, 0) is 23.3 Å². The lowest BCUT2D eigenvalue weighted by Crippen LogP contribution is -2.14. The van der Waals surface area contributed by atoms with Crippen molar-refractivity contribution in [1.29, 1.82) is 0 Å². The van der Waals surface area contributed by atoms with E-state index in [1.165, 1.54) is 11.1 Å². The van der Waals surface area contributed by atoms with Crippen molar-refractivity contribution in [3.63, 3.8) is 0 Å². The molecule has 7 heteroatoms. The monoisotopic (exact) mass is 441 g/mol. The highest BCUT2D eigenvalue weighted by atomic mass is 32.2. The third-order valence-corrected chi connectivity index (χ3v) is 6.41. The molecule has 0 bridgehead atoms. The highest BCUT2D eigenvalue weighted by Gasteiger charge is 2.10. The van der Waals surface area contributed by atoms with Gasteiger partial charge in [0.2, 0.25) is 0 Å². The van der Waals surface area contributed by atoms with Gasteiger partial charge in [-0.05, 0) is 49.1 Å². The maximum Gasteiger partial charge on any atom is 0.157 e. The van der Waals surface area contributed by atoms with Crippen molar-refractivity contribution in [3.05, 3.63) is 69.0 Å². The molecule has 0 aliphatic carbocycles. The normalized spacial score (nSPS) is 12.4. The largest absolute Gasteiger partial charge is 0.366 e. The molecular weight excluding hydrogens is 414 g/mol. The summed E-state index contributed by atoms with van der Waals surface area (Å²) < 4.78 is 20.0. The molecule has 0 aliphatic heterocycles. The number of rotatable bonds is 8. The zero-order valence-corrected chi connectivity index (χ0v) is 19.4. The van der Waals surface area contributed by atoms with Crippen molar-refractivity contribution in [2.45, 2.75) is 32.9 Å². The van der Waals surface area contributed by atoms with E-state index in [1.807, 2.05) is 37.7 Å². The van der Waals surface area contributed by atoms with Crippen LogP contribution in [0.5, 0.6) is 0 Å². The molecule has 158 valence electrons. The van der Waals surface area contributed by atoms with Crippen molar-refractivity contribution in [1.82, 2.24) is 9.88 Å². The van der Waals surface area contributed by atoms with E-state index >= 15 is 0 Å². The zero-order chi connectivity index (χ0) is 21.7. The minimum Gasteiger partial charge on any atom is -0.366 e. The maximum atomic E-state index is 10.9. The minimum atomic E-state index is -1.82. The Hall–Kier alpha value is -2.35. The fourth-order valence-corrected chi connectivity index (χ4v) is 4.34. The average Bonchev–Trinajstić information content (AvgIpc) is 3.17. The molecule has 30 heavy (non-hydrogen) atoms. The minimum absolute atomic E-state index is 0.149. The van der Waals surface area contributed by atoms with E-state index in [9.17, 15) is 4.21 Å². The summed E-state index contributed by atoms with van der Waals surface area (Å²) in [7, 11) is 2.02. The predicted molar refractivity (Wildman–Crippen MR) is 127 cm³/mol. The molecule has 1 atom stereocenters. The summed E-state index contributed by atoms with van der Waals surface area (Å²) in [5.74, 6) is 0.149. The van der Waals surface area contributed by atoms with Crippen LogP contribution in [-0.4, -0.2) is 38.6 Å². The average molecular weight is 442 g/mol. The summed E-state index contributed by atoms with van der Waals surface area (Å²) >= 11 is -0.167. The van der Waals surface area contributed by atoms with Gasteiger partial charge in [0.15, 0.2) is 11.1 Å². The van der Waals surface area contributed by atoms with E-state index in [0.717, 1.165) is 46.0 Å². The van der Waals surface area contributed by atoms with Gasteiger partial charge in [0.05, 0.1) is 28.5 Å². The summed E-state index contributed by atoms with van der Waals surface area (Å²) in [4.78, 5) is 11.5. The molecule has 1 heterocycles. The van der Waals surface area contributed by atoms with Gasteiger partial charge in [-0.15, -0.1) is 11.3 Å². The van der Waals surface area contributed by atoms with Gasteiger partial charge in [-0.2, -0.15) is 0 Å². The highest BCUT2D eigenvalue weighted by molar-refractivity contribution is 7.78. The molecule has 1 unspecified atom stereocenters. The van der Waals surface area contributed by atoms with Crippen LogP contribution in [0.15, 0.2) is 46.8 Å². The van der Waals surface area contributed by atoms with Gasteiger partial charge in [-0.3, -0.25) is 0 Å². The summed E-state index contributed by atoms with van der Waals surface area (Å²) in [6.45, 7) is 7.24. The molecule has 1 N–H and O–H groups in total. The zero-order valence-electron chi connectivity index (χ0n) is 17.8. The van der Waals surface area contributed by atoms with Crippen LogP contribution in [0.1, 0.15) is 34.2 Å². The van der Waals surface area contributed by atoms with Crippen LogP contribution in [0.25, 0.3) is 11.3 Å². The van der Waals surface area contributed by atoms with Crippen molar-refractivity contribution in [2.75, 3.05) is 13.6 Å². The molecule has 0 fully saturated rings. The Morgan fingerprint density at radius 2 is 1.93 bits per heavy atom. The van der Waals surface area contributed by atoms with E-state index in [0.29, 0.717) is 0 Å². The second-order valence-corrected chi connectivity index (χ2v) is 9.22. The SMILES string of the molecule is CCN(C)C=Nc1cc(C)c(Cc2nc(-c3ccc(CS(=O)O)cc3)cs2)cc1C. The first-order valence-electron chi connectivity index (χ1n) is 9.81. The molecule has 2 aromatic carbocycles. The molecule has 3 rings (SSSR count). The molecule has 0 aliphatic rings. The van der Waals surface area contributed by atoms with Gasteiger partial charge < -0.3 is 9.45 Å². The highest BCUT2D eigenvalue weighted by Crippen LogP contribution is 2.28. The van der Waals surface area contributed by atoms with Crippen LogP contribution in [0.2, 0.25) is 0 Å². The van der Waals surface area contributed by atoms with Crippen molar-refractivity contribution in [2.24, 2.45) is 4.99 Å². The van der Waals surface area contributed by atoms with Gasteiger partial charge >= 0.3 is 0 Å². The van der Waals surface area contributed by atoms with Crippen molar-refractivity contribution < 1.29 is 8.76 Å². The molecule has 1 aromatic heterocycles. The van der Waals surface area contributed by atoms with Crippen LogP contribution in [0.3, 0.4) is 0 Å². The lowest BCUT2D eigenvalue weighted by molar-refractivity contribution is 0.552. The summed E-state index contributed by atoms with van der Waals surface area (Å²) in [5, 5.41) is 3.13. The summed E-state index contributed by atoms with van der Waals surface area (Å²) in [6, 6.07) is 12.0. The van der Waals surface area contributed by atoms with E-state index in [1.54, 1.807) is 11.3 Å². The number of nitrogens with zero attached hydrogens (tertiary/aromatic N) is 3. The van der Waals surface area contributed by atoms with Gasteiger partial charge in [0, 0.05) is 31.0 Å². The van der Waals surface area contributed by atoms with Crippen LogP contribution in [0, 0.1) is 13.8 Å². The Morgan fingerprint density at radius 1 is 1.20 bits per heavy atom. The summed E-state index contributed by atoms with van der Waals surface area (Å²) in [6.07, 6.45) is 2.66. The van der Waals surface area contributed by atoms with Gasteiger partial charge in [0.1, 0.15) is 0 Å². The standard InChI is InChI=1S/C23H27N3O2S2/c1-5-26(4)15-24-21-11-16(2)20(10-17(21)3)12-23-25-22(13-29-23)19-8-6-18(7-9-19)14-30(27)28/h6-11,13,15H,5,12,14H2,1-4H3,(H,27,28). The number of hydrogen-bond donors (Lipinski definition) is 1. The topological polar surface area (TPSA) is 65.8 Å². The maximum absolute atomic E-state index is 10.9. The van der Waals surface area contributed by atoms with Gasteiger partial charge in [-0.25, -0.2) is 14.2 Å². The molecule has 0 saturated heterocycles. The smallest absolute Gasteiger partial charge is 0.157 e. The molecule has 0 spiro atoms. The third-order valence-electron chi connectivity index (χ3n) is 4.98.